The van der Waals surface area contributed by atoms with Gasteiger partial charge in [-0.15, -0.1) is 0 Å². The van der Waals surface area contributed by atoms with Gasteiger partial charge >= 0.3 is 0 Å². The standard InChI is InChI=1S/C11H13ClINS/c12-10-6-8(13)3-4-11(10)14-9-2-1-5-15-7-9/h3-4,6,9,14H,1-2,5,7H2. The molecule has 1 N–H and O–H groups in total. The second-order valence-corrected chi connectivity index (χ2v) is 6.49. The highest BCUT2D eigenvalue weighted by Gasteiger charge is 2.14. The summed E-state index contributed by atoms with van der Waals surface area (Å²) in [5.74, 6) is 2.50. The van der Waals surface area contributed by atoms with Gasteiger partial charge in [-0.25, -0.2) is 0 Å². The van der Waals surface area contributed by atoms with Gasteiger partial charge in [-0.2, -0.15) is 11.8 Å². The van der Waals surface area contributed by atoms with E-state index in [-0.39, 0.29) is 0 Å². The van der Waals surface area contributed by atoms with E-state index in [4.69, 9.17) is 11.6 Å². The highest BCUT2D eigenvalue weighted by molar-refractivity contribution is 14.1. The molecule has 1 aromatic carbocycles. The predicted octanol–water partition coefficient (Wildman–Crippen LogP) is 4.25. The normalized spacial score (nSPS) is 21.3. The molecule has 82 valence electrons. The average Bonchev–Trinajstić information content (AvgIpc) is 2.24. The highest BCUT2D eigenvalue weighted by Crippen LogP contribution is 2.27. The van der Waals surface area contributed by atoms with Gasteiger partial charge in [-0.3, -0.25) is 0 Å². The van der Waals surface area contributed by atoms with Crippen molar-refractivity contribution in [3.05, 3.63) is 26.8 Å². The lowest BCUT2D eigenvalue weighted by Gasteiger charge is -2.24. The fraction of sp³-hybridized carbons (Fsp3) is 0.455. The molecule has 0 amide bonds. The first kappa shape index (κ1) is 11.9. The molecule has 1 fully saturated rings. The molecule has 0 spiro atoms. The molecule has 1 unspecified atom stereocenters. The highest BCUT2D eigenvalue weighted by atomic mass is 127. The lowest BCUT2D eigenvalue weighted by atomic mass is 10.1. The Morgan fingerprint density at radius 1 is 1.47 bits per heavy atom. The van der Waals surface area contributed by atoms with Gasteiger partial charge in [0, 0.05) is 15.4 Å². The number of rotatable bonds is 2. The Labute approximate surface area is 113 Å². The Hall–Kier alpha value is 0.390. The van der Waals surface area contributed by atoms with Gasteiger partial charge in [0.2, 0.25) is 0 Å². The lowest BCUT2D eigenvalue weighted by Crippen LogP contribution is -2.25. The number of hydrogen-bond donors (Lipinski definition) is 1. The third kappa shape index (κ3) is 3.43. The van der Waals surface area contributed by atoms with Crippen molar-refractivity contribution in [1.82, 2.24) is 0 Å². The minimum absolute atomic E-state index is 0.585. The van der Waals surface area contributed by atoms with Crippen LogP contribution in [-0.2, 0) is 0 Å². The van der Waals surface area contributed by atoms with E-state index < -0.39 is 0 Å². The molecular formula is C11H13ClINS. The van der Waals surface area contributed by atoms with Crippen molar-refractivity contribution in [2.75, 3.05) is 16.8 Å². The smallest absolute Gasteiger partial charge is 0.0648 e. The van der Waals surface area contributed by atoms with E-state index in [2.05, 4.69) is 40.0 Å². The summed E-state index contributed by atoms with van der Waals surface area (Å²) in [5.41, 5.74) is 1.07. The van der Waals surface area contributed by atoms with Crippen LogP contribution in [0.3, 0.4) is 0 Å². The Morgan fingerprint density at radius 2 is 2.33 bits per heavy atom. The van der Waals surface area contributed by atoms with Crippen molar-refractivity contribution in [1.29, 1.82) is 0 Å². The van der Waals surface area contributed by atoms with Crippen molar-refractivity contribution in [3.8, 4) is 0 Å². The minimum atomic E-state index is 0.585. The zero-order valence-electron chi connectivity index (χ0n) is 8.30. The quantitative estimate of drug-likeness (QED) is 0.798. The predicted molar refractivity (Wildman–Crippen MR) is 78.1 cm³/mol. The van der Waals surface area contributed by atoms with Gasteiger partial charge < -0.3 is 5.32 Å². The molecule has 0 bridgehead atoms. The fourth-order valence-electron chi connectivity index (χ4n) is 1.68. The van der Waals surface area contributed by atoms with E-state index in [1.807, 2.05) is 17.8 Å². The van der Waals surface area contributed by atoms with Gasteiger partial charge in [0.25, 0.3) is 0 Å². The molecule has 1 nitrogen and oxygen atoms in total. The molecule has 1 aliphatic heterocycles. The van der Waals surface area contributed by atoms with Gasteiger partial charge in [0.1, 0.15) is 0 Å². The van der Waals surface area contributed by atoms with Crippen molar-refractivity contribution in [2.45, 2.75) is 18.9 Å². The topological polar surface area (TPSA) is 12.0 Å². The third-order valence-electron chi connectivity index (χ3n) is 2.45. The first-order valence-electron chi connectivity index (χ1n) is 5.05. The van der Waals surface area contributed by atoms with Crippen molar-refractivity contribution in [3.63, 3.8) is 0 Å². The van der Waals surface area contributed by atoms with Crippen LogP contribution in [0.5, 0.6) is 0 Å². The molecular weight excluding hydrogens is 341 g/mol. The summed E-state index contributed by atoms with van der Waals surface area (Å²) in [6, 6.07) is 6.75. The zero-order valence-corrected chi connectivity index (χ0v) is 12.0. The van der Waals surface area contributed by atoms with Gasteiger partial charge in [0.15, 0.2) is 0 Å². The van der Waals surface area contributed by atoms with Crippen LogP contribution < -0.4 is 5.32 Å². The number of thioether (sulfide) groups is 1. The second kappa shape index (κ2) is 5.64. The average molecular weight is 354 g/mol. The molecule has 15 heavy (non-hydrogen) atoms. The van der Waals surface area contributed by atoms with Crippen molar-refractivity contribution < 1.29 is 0 Å². The molecule has 2 rings (SSSR count). The fourth-order valence-corrected chi connectivity index (χ4v) is 3.66. The first-order valence-corrected chi connectivity index (χ1v) is 7.66. The largest absolute Gasteiger partial charge is 0.380 e. The van der Waals surface area contributed by atoms with Gasteiger partial charge in [0.05, 0.1) is 10.7 Å². The van der Waals surface area contributed by atoms with E-state index in [9.17, 15) is 0 Å². The maximum atomic E-state index is 6.17. The van der Waals surface area contributed by atoms with Gasteiger partial charge in [-0.05, 0) is 59.4 Å². The van der Waals surface area contributed by atoms with E-state index in [0.29, 0.717) is 6.04 Å². The summed E-state index contributed by atoms with van der Waals surface area (Å²) < 4.78 is 1.18. The SMILES string of the molecule is Clc1cc(I)ccc1NC1CCCSC1. The number of benzene rings is 1. The number of anilines is 1. The van der Waals surface area contributed by atoms with Crippen LogP contribution in [0.4, 0.5) is 5.69 Å². The molecule has 1 aromatic rings. The summed E-state index contributed by atoms with van der Waals surface area (Å²) in [7, 11) is 0. The molecule has 1 atom stereocenters. The molecule has 1 heterocycles. The first-order chi connectivity index (χ1) is 7.25. The van der Waals surface area contributed by atoms with Crippen LogP contribution in [-0.4, -0.2) is 17.5 Å². The van der Waals surface area contributed by atoms with E-state index in [0.717, 1.165) is 10.7 Å². The van der Waals surface area contributed by atoms with Crippen molar-refractivity contribution in [2.24, 2.45) is 0 Å². The number of nitrogens with one attached hydrogen (secondary N) is 1. The monoisotopic (exact) mass is 353 g/mol. The van der Waals surface area contributed by atoms with Crippen LogP contribution in [0, 0.1) is 3.57 Å². The van der Waals surface area contributed by atoms with E-state index >= 15 is 0 Å². The summed E-state index contributed by atoms with van der Waals surface area (Å²) in [6.07, 6.45) is 2.57. The maximum Gasteiger partial charge on any atom is 0.0648 e. The molecule has 1 saturated heterocycles. The summed E-state index contributed by atoms with van der Waals surface area (Å²) >= 11 is 10.5. The Balaban J connectivity index is 2.03. The Morgan fingerprint density at radius 3 is 3.00 bits per heavy atom. The maximum absolute atomic E-state index is 6.17. The Kier molecular flexibility index (Phi) is 4.46. The third-order valence-corrected chi connectivity index (χ3v) is 4.65. The van der Waals surface area contributed by atoms with Crippen molar-refractivity contribution >= 4 is 51.6 Å². The zero-order chi connectivity index (χ0) is 10.7. The van der Waals surface area contributed by atoms with Crippen LogP contribution in [0.15, 0.2) is 18.2 Å². The summed E-state index contributed by atoms with van der Waals surface area (Å²) in [4.78, 5) is 0. The van der Waals surface area contributed by atoms with Crippen LogP contribution in [0.2, 0.25) is 5.02 Å². The van der Waals surface area contributed by atoms with Gasteiger partial charge in [-0.1, -0.05) is 11.6 Å². The Bertz CT molecular complexity index is 339. The molecule has 0 aromatic heterocycles. The van der Waals surface area contributed by atoms with E-state index in [1.165, 1.54) is 27.9 Å². The number of halogens is 2. The molecule has 0 radical (unpaired) electrons. The molecule has 1 aliphatic rings. The summed E-state index contributed by atoms with van der Waals surface area (Å²) in [6.45, 7) is 0. The number of hydrogen-bond acceptors (Lipinski definition) is 2. The minimum Gasteiger partial charge on any atom is -0.380 e. The van der Waals surface area contributed by atoms with Crippen LogP contribution in [0.25, 0.3) is 0 Å². The summed E-state index contributed by atoms with van der Waals surface area (Å²) in [5, 5.41) is 4.35. The lowest BCUT2D eigenvalue weighted by molar-refractivity contribution is 0.685. The van der Waals surface area contributed by atoms with E-state index in [1.54, 1.807) is 0 Å². The molecule has 0 saturated carbocycles. The second-order valence-electron chi connectivity index (χ2n) is 3.68. The van der Waals surface area contributed by atoms with Crippen LogP contribution in [0.1, 0.15) is 12.8 Å². The molecule has 4 heteroatoms. The molecule has 0 aliphatic carbocycles. The van der Waals surface area contributed by atoms with Crippen LogP contribution >= 0.6 is 46.0 Å².